The first-order valence-corrected chi connectivity index (χ1v) is 24.3. The fourth-order valence-electron chi connectivity index (χ4n) is 10.7. The Bertz CT molecular complexity index is 2700. The minimum Gasteiger partial charge on any atom is -0.452 e. The molecule has 2 saturated carbocycles. The summed E-state index contributed by atoms with van der Waals surface area (Å²) in [4.78, 5) is 40.5. The quantitative estimate of drug-likeness (QED) is 0.0500. The number of aromatic nitrogens is 3. The van der Waals surface area contributed by atoms with Gasteiger partial charge in [-0.3, -0.25) is 19.8 Å². The zero-order valence-electron chi connectivity index (χ0n) is 37.1. The molecule has 4 N–H and O–H groups in total. The van der Waals surface area contributed by atoms with Gasteiger partial charge in [-0.25, -0.2) is 18.1 Å². The number of pyridine rings is 2. The van der Waals surface area contributed by atoms with E-state index in [0.29, 0.717) is 48.3 Å². The van der Waals surface area contributed by atoms with E-state index in [1.807, 2.05) is 4.72 Å². The van der Waals surface area contributed by atoms with Crippen LogP contribution in [-0.4, -0.2) is 88.6 Å². The molecular weight excluding hydrogens is 852 g/mol. The molecule has 2 atom stereocenters. The fraction of sp³-hybridized carbons (Fsp3) is 0.479. The average molecular weight is 909 g/mol. The molecule has 2 aromatic carbocycles. The summed E-state index contributed by atoms with van der Waals surface area (Å²) in [6.45, 7) is 10.3. The molecule has 15 nitrogen and oxygen atoms in total. The number of fused-ring (bicyclic) bond motifs is 1. The van der Waals surface area contributed by atoms with Crippen LogP contribution in [0.2, 0.25) is 0 Å². The molecule has 3 aromatic heterocycles. The van der Waals surface area contributed by atoms with Crippen LogP contribution in [0.5, 0.6) is 11.5 Å². The third kappa shape index (κ3) is 9.27. The Kier molecular flexibility index (Phi) is 12.1. The Balaban J connectivity index is 0.908. The van der Waals surface area contributed by atoms with E-state index in [-0.39, 0.29) is 34.2 Å². The second-order valence-corrected chi connectivity index (χ2v) is 21.0. The van der Waals surface area contributed by atoms with Crippen molar-refractivity contribution in [3.8, 4) is 11.5 Å². The van der Waals surface area contributed by atoms with E-state index in [2.05, 4.69) is 68.2 Å². The number of anilines is 2. The van der Waals surface area contributed by atoms with Crippen LogP contribution in [0.15, 0.2) is 78.0 Å². The third-order valence-electron chi connectivity index (χ3n) is 14.4. The van der Waals surface area contributed by atoms with Crippen LogP contribution in [0, 0.1) is 27.4 Å². The van der Waals surface area contributed by atoms with Gasteiger partial charge in [-0.05, 0) is 117 Å². The number of rotatable bonds is 13. The summed E-state index contributed by atoms with van der Waals surface area (Å²) in [5.74, 6) is -1.32. The van der Waals surface area contributed by atoms with Gasteiger partial charge < -0.3 is 25.0 Å². The topological polar surface area (TPSA) is 196 Å². The molecule has 1 amide bonds. The lowest BCUT2D eigenvalue weighted by Crippen LogP contribution is -2.63. The smallest absolute Gasteiger partial charge is 0.312 e. The number of ether oxygens (including phenoxy) is 1. The van der Waals surface area contributed by atoms with Crippen molar-refractivity contribution in [1.29, 1.82) is 0 Å². The molecular formula is C48H57FN8O7S. The number of H-pyrrole nitrogens is 1. The summed E-state index contributed by atoms with van der Waals surface area (Å²) in [7, 11) is -4.71. The van der Waals surface area contributed by atoms with Crippen LogP contribution in [0.3, 0.4) is 0 Å². The number of nitrogens with one attached hydrogen (secondary N) is 3. The summed E-state index contributed by atoms with van der Waals surface area (Å²) in [6.07, 6.45) is 10.8. The molecule has 2 aliphatic heterocycles. The van der Waals surface area contributed by atoms with Crippen molar-refractivity contribution in [3.63, 3.8) is 0 Å². The van der Waals surface area contributed by atoms with Gasteiger partial charge in [0.15, 0.2) is 5.75 Å². The molecule has 9 rings (SSSR count). The van der Waals surface area contributed by atoms with Gasteiger partial charge in [0.25, 0.3) is 21.9 Å². The number of nitro groups is 1. The Hall–Kier alpha value is -5.65. The number of sulfonamides is 1. The van der Waals surface area contributed by atoms with Crippen LogP contribution in [0.1, 0.15) is 112 Å². The summed E-state index contributed by atoms with van der Waals surface area (Å²) >= 11 is 0. The first kappa shape index (κ1) is 44.5. The van der Waals surface area contributed by atoms with Gasteiger partial charge in [0.05, 0.1) is 22.3 Å². The Morgan fingerprint density at radius 1 is 1.03 bits per heavy atom. The zero-order chi connectivity index (χ0) is 45.7. The van der Waals surface area contributed by atoms with Crippen LogP contribution >= 0.6 is 0 Å². The van der Waals surface area contributed by atoms with Crippen LogP contribution in [0.25, 0.3) is 11.0 Å². The molecule has 0 bridgehead atoms. The highest BCUT2D eigenvalue weighted by Gasteiger charge is 2.49. The summed E-state index contributed by atoms with van der Waals surface area (Å²) in [5, 5.41) is 25.9. The van der Waals surface area contributed by atoms with E-state index in [4.69, 9.17) is 4.74 Å². The van der Waals surface area contributed by atoms with E-state index in [0.717, 1.165) is 69.8 Å². The standard InChI is InChI=1S/C48H57FN8O7S/c1-30(2)35-7-4-5-8-36(35)37-9-6-10-39(37)56-28-48(29-56)18-21-55(22-19-48)33-11-12-38(41(24-33)64-42-23-32-15-20-50-44(32)53-43(42)49)46(58)54-65(62,63)34-25-40(57(60)61)45(52-27-34)51-26-31-13-16-47(3,59)17-14-31/h4-5,7-8,11-12,15,20,23-25,27,30-31,37,39,59H,6,9-10,13-14,16-19,21-22,26,28-29H2,1-3H3,(H,50,53)(H,51,52)(H,54,58)/t31?,37-,39-,47?/m1/s1. The van der Waals surface area contributed by atoms with E-state index in [1.165, 1.54) is 42.5 Å². The van der Waals surface area contributed by atoms with Crippen LogP contribution in [-0.2, 0) is 10.0 Å². The van der Waals surface area contributed by atoms with E-state index in [1.54, 1.807) is 31.3 Å². The van der Waals surface area contributed by atoms with Crippen molar-refractivity contribution in [3.05, 3.63) is 106 Å². The number of aromatic amines is 1. The Morgan fingerprint density at radius 3 is 2.52 bits per heavy atom. The van der Waals surface area contributed by atoms with Crippen molar-refractivity contribution in [2.75, 3.05) is 42.9 Å². The van der Waals surface area contributed by atoms with Crippen molar-refractivity contribution in [1.82, 2.24) is 24.6 Å². The van der Waals surface area contributed by atoms with E-state index < -0.39 is 43.0 Å². The third-order valence-corrected chi connectivity index (χ3v) is 15.7. The van der Waals surface area contributed by atoms with Crippen LogP contribution in [0.4, 0.5) is 21.6 Å². The largest absolute Gasteiger partial charge is 0.452 e. The predicted octanol–water partition coefficient (Wildman–Crippen LogP) is 8.63. The number of aliphatic hydroxyl groups is 1. The number of amides is 1. The highest BCUT2D eigenvalue weighted by Crippen LogP contribution is 2.49. The average Bonchev–Trinajstić information content (AvgIpc) is 3.95. The fourth-order valence-corrected chi connectivity index (χ4v) is 11.6. The lowest BCUT2D eigenvalue weighted by Gasteiger charge is -2.57. The van der Waals surface area contributed by atoms with Crippen molar-refractivity contribution >= 4 is 44.2 Å². The molecule has 1 spiro atoms. The van der Waals surface area contributed by atoms with E-state index >= 15 is 4.39 Å². The lowest BCUT2D eigenvalue weighted by molar-refractivity contribution is -0.384. The van der Waals surface area contributed by atoms with Crippen molar-refractivity contribution < 1.29 is 32.4 Å². The number of piperidine rings is 1. The minimum absolute atomic E-state index is 0.0947. The molecule has 5 aromatic rings. The number of carbonyl (C=O) groups excluding carboxylic acids is 1. The summed E-state index contributed by atoms with van der Waals surface area (Å²) in [6, 6.07) is 18.3. The lowest BCUT2D eigenvalue weighted by atomic mass is 9.70. The molecule has 2 saturated heterocycles. The van der Waals surface area contributed by atoms with Gasteiger partial charge in [0.2, 0.25) is 5.82 Å². The SMILES string of the molecule is CC(C)c1ccccc1[C@H]1CCC[C@H]1N1CC2(CCN(c3ccc(C(=O)NS(=O)(=O)c4cnc(NCC5CCC(C)(O)CC5)c([N+](=O)[O-])c4)c(Oc4cc5cc[nH]c5nc4F)c3)CC2)C1. The maximum atomic E-state index is 15.4. The minimum atomic E-state index is -4.71. The van der Waals surface area contributed by atoms with Crippen molar-refractivity contribution in [2.24, 2.45) is 11.3 Å². The highest BCUT2D eigenvalue weighted by molar-refractivity contribution is 7.90. The molecule has 4 aliphatic rings. The molecule has 65 heavy (non-hydrogen) atoms. The molecule has 17 heteroatoms. The van der Waals surface area contributed by atoms with Gasteiger partial charge in [0, 0.05) is 68.2 Å². The first-order valence-electron chi connectivity index (χ1n) is 22.8. The first-order chi connectivity index (χ1) is 31.1. The number of carbonyl (C=O) groups is 1. The Labute approximate surface area is 378 Å². The van der Waals surface area contributed by atoms with Crippen molar-refractivity contribution in [2.45, 2.75) is 107 Å². The number of benzene rings is 2. The van der Waals surface area contributed by atoms with Gasteiger partial charge in [0.1, 0.15) is 16.3 Å². The maximum absolute atomic E-state index is 15.4. The normalized spacial score (nSPS) is 23.4. The monoisotopic (exact) mass is 908 g/mol. The van der Waals surface area contributed by atoms with Gasteiger partial charge in [-0.1, -0.05) is 44.5 Å². The maximum Gasteiger partial charge on any atom is 0.312 e. The molecule has 0 unspecified atom stereocenters. The predicted molar refractivity (Wildman–Crippen MR) is 246 cm³/mol. The number of hydrogen-bond donors (Lipinski definition) is 4. The molecule has 4 fully saturated rings. The highest BCUT2D eigenvalue weighted by atomic mass is 32.2. The number of nitrogens with zero attached hydrogens (tertiary/aromatic N) is 5. The number of hydrogen-bond acceptors (Lipinski definition) is 12. The Morgan fingerprint density at radius 2 is 1.78 bits per heavy atom. The molecule has 0 radical (unpaired) electrons. The van der Waals surface area contributed by atoms with Crippen LogP contribution < -0.4 is 19.7 Å². The summed E-state index contributed by atoms with van der Waals surface area (Å²) in [5.41, 5.74) is 2.69. The van der Waals surface area contributed by atoms with Gasteiger partial charge in [-0.15, -0.1) is 0 Å². The van der Waals surface area contributed by atoms with Gasteiger partial charge in [-0.2, -0.15) is 9.37 Å². The molecule has 344 valence electrons. The van der Waals surface area contributed by atoms with Gasteiger partial charge >= 0.3 is 5.69 Å². The molecule has 2 aliphatic carbocycles. The summed E-state index contributed by atoms with van der Waals surface area (Å²) < 4.78 is 50.9. The second kappa shape index (κ2) is 17.6. The number of halogens is 1. The second-order valence-electron chi connectivity index (χ2n) is 19.3. The molecule has 5 heterocycles. The van der Waals surface area contributed by atoms with E-state index in [9.17, 15) is 28.4 Å². The zero-order valence-corrected chi connectivity index (χ0v) is 37.9. The number of likely N-dealkylation sites (tertiary alicyclic amines) is 1.